The number of nitrogens with two attached hydrogens (primary N) is 1. The van der Waals surface area contributed by atoms with Gasteiger partial charge in [-0.2, -0.15) is 18.4 Å². The van der Waals surface area contributed by atoms with Crippen LogP contribution in [-0.2, 0) is 10.9 Å². The predicted octanol–water partition coefficient (Wildman–Crippen LogP) is 2.84. The minimum absolute atomic E-state index is 0.00468. The first-order valence-corrected chi connectivity index (χ1v) is 7.32. The van der Waals surface area contributed by atoms with Crippen molar-refractivity contribution in [1.82, 2.24) is 4.57 Å². The number of benzene rings is 1. The molecule has 10 heteroatoms. The molecule has 0 saturated carbocycles. The van der Waals surface area contributed by atoms with Gasteiger partial charge < -0.3 is 19.5 Å². The highest BCUT2D eigenvalue weighted by molar-refractivity contribution is 5.96. The second-order valence-electron chi connectivity index (χ2n) is 5.43. The van der Waals surface area contributed by atoms with Gasteiger partial charge in [0.25, 0.3) is 0 Å². The summed E-state index contributed by atoms with van der Waals surface area (Å²) in [4.78, 5) is 24.1. The van der Waals surface area contributed by atoms with Crippen LogP contribution in [0, 0.1) is 11.3 Å². The molecule has 2 aromatic heterocycles. The number of nitrogen functional groups attached to an aromatic ring is 1. The van der Waals surface area contributed by atoms with Crippen LogP contribution in [0.4, 0.5) is 18.9 Å². The van der Waals surface area contributed by atoms with Gasteiger partial charge in [0, 0.05) is 18.0 Å². The van der Waals surface area contributed by atoms with Crippen LogP contribution in [0.2, 0.25) is 0 Å². The van der Waals surface area contributed by atoms with E-state index in [1.165, 1.54) is 22.9 Å². The fourth-order valence-electron chi connectivity index (χ4n) is 2.55. The minimum atomic E-state index is -4.80. The van der Waals surface area contributed by atoms with Crippen molar-refractivity contribution in [2.24, 2.45) is 0 Å². The van der Waals surface area contributed by atoms with E-state index in [2.05, 4.69) is 4.74 Å². The van der Waals surface area contributed by atoms with Crippen molar-refractivity contribution >= 4 is 22.6 Å². The molecule has 0 aliphatic heterocycles. The van der Waals surface area contributed by atoms with E-state index in [4.69, 9.17) is 15.4 Å². The molecule has 0 aliphatic carbocycles. The highest BCUT2D eigenvalue weighted by Crippen LogP contribution is 2.31. The lowest BCUT2D eigenvalue weighted by molar-refractivity contribution is -0.152. The molecule has 3 aromatic rings. The SMILES string of the molecule is COC(=O)c1c(N)c(C#N)cn1-c1ccc2oc(C(F)(F)F)cc(=O)c2c1. The molecule has 2 heterocycles. The Kier molecular flexibility index (Phi) is 4.15. The molecule has 0 spiro atoms. The number of hydrogen-bond acceptors (Lipinski definition) is 6. The number of nitrogens with zero attached hydrogens (tertiary/aromatic N) is 2. The number of nitriles is 1. The van der Waals surface area contributed by atoms with Crippen LogP contribution in [0.5, 0.6) is 0 Å². The number of hydrogen-bond donors (Lipinski definition) is 1. The Morgan fingerprint density at radius 2 is 2.04 bits per heavy atom. The first-order chi connectivity index (χ1) is 12.7. The lowest BCUT2D eigenvalue weighted by atomic mass is 10.2. The fourth-order valence-corrected chi connectivity index (χ4v) is 2.55. The normalized spacial score (nSPS) is 11.4. The Morgan fingerprint density at radius 3 is 2.63 bits per heavy atom. The molecule has 138 valence electrons. The third kappa shape index (κ3) is 2.99. The molecule has 0 atom stereocenters. The van der Waals surface area contributed by atoms with E-state index in [1.54, 1.807) is 0 Å². The van der Waals surface area contributed by atoms with E-state index < -0.39 is 23.3 Å². The van der Waals surface area contributed by atoms with Gasteiger partial charge in [-0.3, -0.25) is 4.79 Å². The van der Waals surface area contributed by atoms with Gasteiger partial charge in [-0.25, -0.2) is 4.79 Å². The highest BCUT2D eigenvalue weighted by Gasteiger charge is 2.35. The van der Waals surface area contributed by atoms with Crippen LogP contribution >= 0.6 is 0 Å². The number of esters is 1. The van der Waals surface area contributed by atoms with Crippen LogP contribution in [-0.4, -0.2) is 17.6 Å². The van der Waals surface area contributed by atoms with Crippen LogP contribution in [0.3, 0.4) is 0 Å². The van der Waals surface area contributed by atoms with Crippen molar-refractivity contribution in [2.75, 3.05) is 12.8 Å². The first-order valence-electron chi connectivity index (χ1n) is 7.32. The molecule has 0 amide bonds. The molecule has 0 bridgehead atoms. The van der Waals surface area contributed by atoms with Gasteiger partial charge in [0.05, 0.1) is 23.7 Å². The lowest BCUT2D eigenvalue weighted by Crippen LogP contribution is -2.13. The zero-order chi connectivity index (χ0) is 19.9. The van der Waals surface area contributed by atoms with Crippen LogP contribution in [0.1, 0.15) is 21.8 Å². The van der Waals surface area contributed by atoms with E-state index >= 15 is 0 Å². The van der Waals surface area contributed by atoms with Gasteiger partial charge in [0.15, 0.2) is 11.1 Å². The van der Waals surface area contributed by atoms with Crippen molar-refractivity contribution in [3.05, 3.63) is 57.7 Å². The van der Waals surface area contributed by atoms with Gasteiger partial charge in [0.2, 0.25) is 5.76 Å². The van der Waals surface area contributed by atoms with Crippen molar-refractivity contribution < 1.29 is 27.1 Å². The van der Waals surface area contributed by atoms with Gasteiger partial charge in [-0.05, 0) is 18.2 Å². The van der Waals surface area contributed by atoms with Gasteiger partial charge >= 0.3 is 12.1 Å². The number of halogens is 3. The molecule has 1 aromatic carbocycles. The average Bonchev–Trinajstić information content (AvgIpc) is 2.96. The zero-order valence-corrected chi connectivity index (χ0v) is 13.6. The van der Waals surface area contributed by atoms with Crippen LogP contribution in [0.25, 0.3) is 16.7 Å². The summed E-state index contributed by atoms with van der Waals surface area (Å²) >= 11 is 0. The molecule has 3 rings (SSSR count). The first kappa shape index (κ1) is 18.1. The van der Waals surface area contributed by atoms with Crippen molar-refractivity contribution in [3.63, 3.8) is 0 Å². The predicted molar refractivity (Wildman–Crippen MR) is 87.3 cm³/mol. The highest BCUT2D eigenvalue weighted by atomic mass is 19.4. The summed E-state index contributed by atoms with van der Waals surface area (Å²) in [6, 6.07) is 5.87. The molecule has 27 heavy (non-hydrogen) atoms. The maximum Gasteiger partial charge on any atom is 0.449 e. The van der Waals surface area contributed by atoms with E-state index in [9.17, 15) is 22.8 Å². The second-order valence-corrected chi connectivity index (χ2v) is 5.43. The smallest absolute Gasteiger partial charge is 0.449 e. The van der Waals surface area contributed by atoms with E-state index in [1.807, 2.05) is 6.07 Å². The van der Waals surface area contributed by atoms with Crippen molar-refractivity contribution in [1.29, 1.82) is 5.26 Å². The molecular formula is C17H10F3N3O4. The van der Waals surface area contributed by atoms with E-state index in [0.717, 1.165) is 13.2 Å². The Morgan fingerprint density at radius 1 is 1.33 bits per heavy atom. The zero-order valence-electron chi connectivity index (χ0n) is 13.6. The summed E-state index contributed by atoms with van der Waals surface area (Å²) in [7, 11) is 1.12. The third-order valence-electron chi connectivity index (χ3n) is 3.81. The fraction of sp³-hybridized carbons (Fsp3) is 0.118. The number of ether oxygens (including phenoxy) is 1. The number of anilines is 1. The minimum Gasteiger partial charge on any atom is -0.464 e. The van der Waals surface area contributed by atoms with Crippen LogP contribution < -0.4 is 11.2 Å². The quantitative estimate of drug-likeness (QED) is 0.688. The molecule has 0 fully saturated rings. The molecule has 0 aliphatic rings. The van der Waals surface area contributed by atoms with Gasteiger partial charge in [0.1, 0.15) is 11.7 Å². The lowest BCUT2D eigenvalue weighted by Gasteiger charge is -2.10. The van der Waals surface area contributed by atoms with Crippen molar-refractivity contribution in [3.8, 4) is 11.8 Å². The van der Waals surface area contributed by atoms with E-state index in [-0.39, 0.29) is 33.6 Å². The maximum absolute atomic E-state index is 12.8. The van der Waals surface area contributed by atoms with Gasteiger partial charge in [-0.1, -0.05) is 0 Å². The Balaban J connectivity index is 2.26. The Labute approximate surface area is 149 Å². The molecule has 7 nitrogen and oxygen atoms in total. The molecular weight excluding hydrogens is 367 g/mol. The number of carbonyl (C=O) groups is 1. The summed E-state index contributed by atoms with van der Waals surface area (Å²) in [6.07, 6.45) is -3.55. The molecule has 0 radical (unpaired) electrons. The standard InChI is InChI=1S/C17H10F3N3O4/c1-26-16(25)15-14(22)8(6-21)7-23(15)9-2-3-12-10(4-9)11(24)5-13(27-12)17(18,19)20/h2-5,7H,22H2,1H3. The number of alkyl halides is 3. The van der Waals surface area contributed by atoms with Crippen molar-refractivity contribution in [2.45, 2.75) is 6.18 Å². The summed E-state index contributed by atoms with van der Waals surface area (Å²) < 4.78 is 48.9. The molecule has 0 saturated heterocycles. The summed E-state index contributed by atoms with van der Waals surface area (Å²) in [5.74, 6) is -2.24. The number of carbonyl (C=O) groups excluding carboxylic acids is 1. The topological polar surface area (TPSA) is 111 Å². The van der Waals surface area contributed by atoms with Crippen LogP contribution in [0.15, 0.2) is 39.7 Å². The third-order valence-corrected chi connectivity index (χ3v) is 3.81. The Bertz CT molecular complexity index is 1170. The number of fused-ring (bicyclic) bond motifs is 1. The average molecular weight is 377 g/mol. The molecule has 2 N–H and O–H groups in total. The van der Waals surface area contributed by atoms with E-state index in [0.29, 0.717) is 6.07 Å². The summed E-state index contributed by atoms with van der Waals surface area (Å²) in [5, 5.41) is 8.98. The summed E-state index contributed by atoms with van der Waals surface area (Å²) in [6.45, 7) is 0. The number of aromatic nitrogens is 1. The number of methoxy groups -OCH3 is 1. The molecule has 0 unspecified atom stereocenters. The van der Waals surface area contributed by atoms with Gasteiger partial charge in [-0.15, -0.1) is 0 Å². The number of rotatable bonds is 2. The summed E-state index contributed by atoms with van der Waals surface area (Å²) in [5.41, 5.74) is 4.54. The second kappa shape index (κ2) is 6.21. The Hall–Kier alpha value is -3.74. The monoisotopic (exact) mass is 377 g/mol. The maximum atomic E-state index is 12.8. The largest absolute Gasteiger partial charge is 0.464 e.